The molecule has 24 heavy (non-hydrogen) atoms. The van der Waals surface area contributed by atoms with Crippen LogP contribution in [0.4, 0.5) is 5.95 Å². The van der Waals surface area contributed by atoms with Gasteiger partial charge >= 0.3 is 0 Å². The number of aryl methyl sites for hydroxylation is 2. The number of hydrogen-bond acceptors (Lipinski definition) is 5. The van der Waals surface area contributed by atoms with E-state index in [0.717, 1.165) is 75.5 Å². The summed E-state index contributed by atoms with van der Waals surface area (Å²) in [6.07, 6.45) is 5.64. The van der Waals surface area contributed by atoms with Crippen molar-refractivity contribution in [3.05, 3.63) is 17.5 Å². The lowest BCUT2D eigenvalue weighted by molar-refractivity contribution is -0.125. The van der Waals surface area contributed by atoms with E-state index >= 15 is 0 Å². The number of unbranched alkanes of at least 4 members (excludes halogenated alkanes) is 3. The number of aliphatic hydroxyl groups excluding tert-OH is 1. The monoisotopic (exact) mass is 334 g/mol. The molecule has 0 unspecified atom stereocenters. The standard InChI is InChI=1S/C18H30N4O2/c1-14-13-15(2)21-18(20-14)22-10-7-16(8-11-22)17(24)19-9-5-3-4-6-12-23/h13,16,23H,3-12H2,1-2H3,(H,19,24). The number of rotatable bonds is 8. The molecule has 2 N–H and O–H groups in total. The summed E-state index contributed by atoms with van der Waals surface area (Å²) in [6.45, 7) is 6.63. The molecule has 1 fully saturated rings. The first-order valence-corrected chi connectivity index (χ1v) is 9.06. The molecule has 0 aromatic carbocycles. The van der Waals surface area contributed by atoms with E-state index in [1.54, 1.807) is 0 Å². The van der Waals surface area contributed by atoms with Crippen molar-refractivity contribution in [3.63, 3.8) is 0 Å². The Morgan fingerprint density at radius 1 is 1.17 bits per heavy atom. The fourth-order valence-electron chi connectivity index (χ4n) is 3.14. The van der Waals surface area contributed by atoms with Crippen LogP contribution in [-0.4, -0.2) is 47.2 Å². The maximum Gasteiger partial charge on any atom is 0.225 e. The van der Waals surface area contributed by atoms with Gasteiger partial charge in [0.1, 0.15) is 0 Å². The zero-order valence-corrected chi connectivity index (χ0v) is 14.9. The summed E-state index contributed by atoms with van der Waals surface area (Å²) in [5.74, 6) is 1.07. The van der Waals surface area contributed by atoms with Crippen molar-refractivity contribution in [2.45, 2.75) is 52.4 Å². The third kappa shape index (κ3) is 5.74. The first-order valence-electron chi connectivity index (χ1n) is 9.06. The molecule has 2 heterocycles. The van der Waals surface area contributed by atoms with E-state index in [4.69, 9.17) is 5.11 Å². The first kappa shape index (κ1) is 18.6. The number of nitrogens with zero attached hydrogens (tertiary/aromatic N) is 3. The van der Waals surface area contributed by atoms with Crippen LogP contribution < -0.4 is 10.2 Å². The van der Waals surface area contributed by atoms with Crippen LogP contribution in [0.15, 0.2) is 6.07 Å². The largest absolute Gasteiger partial charge is 0.396 e. The fraction of sp³-hybridized carbons (Fsp3) is 0.722. The highest BCUT2D eigenvalue weighted by Gasteiger charge is 2.26. The predicted octanol–water partition coefficient (Wildman–Crippen LogP) is 1.98. The second-order valence-electron chi connectivity index (χ2n) is 6.64. The maximum absolute atomic E-state index is 12.2. The highest BCUT2D eigenvalue weighted by molar-refractivity contribution is 5.78. The van der Waals surface area contributed by atoms with Gasteiger partial charge in [0.15, 0.2) is 0 Å². The Balaban J connectivity index is 1.71. The van der Waals surface area contributed by atoms with E-state index in [1.165, 1.54) is 0 Å². The number of nitrogens with one attached hydrogen (secondary N) is 1. The molecule has 1 aromatic rings. The van der Waals surface area contributed by atoms with Crippen molar-refractivity contribution in [1.82, 2.24) is 15.3 Å². The van der Waals surface area contributed by atoms with E-state index in [9.17, 15) is 4.79 Å². The third-order valence-electron chi connectivity index (χ3n) is 4.50. The summed E-state index contributed by atoms with van der Waals surface area (Å²) in [4.78, 5) is 23.4. The molecular formula is C18H30N4O2. The molecule has 0 saturated carbocycles. The maximum atomic E-state index is 12.2. The third-order valence-corrected chi connectivity index (χ3v) is 4.50. The summed E-state index contributed by atoms with van der Waals surface area (Å²) in [7, 11) is 0. The van der Waals surface area contributed by atoms with E-state index < -0.39 is 0 Å². The molecule has 0 atom stereocenters. The van der Waals surface area contributed by atoms with E-state index in [0.29, 0.717) is 0 Å². The minimum atomic E-state index is 0.101. The van der Waals surface area contributed by atoms with Gasteiger partial charge in [-0.15, -0.1) is 0 Å². The molecule has 0 spiro atoms. The minimum absolute atomic E-state index is 0.101. The molecule has 1 aliphatic rings. The van der Waals surface area contributed by atoms with Gasteiger partial charge in [-0.25, -0.2) is 9.97 Å². The predicted molar refractivity (Wildman–Crippen MR) is 95.0 cm³/mol. The molecular weight excluding hydrogens is 304 g/mol. The lowest BCUT2D eigenvalue weighted by Gasteiger charge is -2.31. The molecule has 0 bridgehead atoms. The Hall–Kier alpha value is -1.69. The zero-order chi connectivity index (χ0) is 17.4. The lowest BCUT2D eigenvalue weighted by atomic mass is 9.96. The summed E-state index contributed by atoms with van der Waals surface area (Å²) in [5.41, 5.74) is 1.97. The van der Waals surface area contributed by atoms with Crippen LogP contribution in [0.1, 0.15) is 49.9 Å². The van der Waals surface area contributed by atoms with Gasteiger partial charge in [0, 0.05) is 43.5 Å². The number of amides is 1. The molecule has 6 nitrogen and oxygen atoms in total. The number of anilines is 1. The molecule has 1 amide bonds. The average Bonchev–Trinajstić information content (AvgIpc) is 2.57. The van der Waals surface area contributed by atoms with Gasteiger partial charge in [0.2, 0.25) is 11.9 Å². The first-order chi connectivity index (χ1) is 11.6. The van der Waals surface area contributed by atoms with Gasteiger partial charge in [0.25, 0.3) is 0 Å². The van der Waals surface area contributed by atoms with E-state index in [2.05, 4.69) is 20.2 Å². The number of hydrogen-bond donors (Lipinski definition) is 2. The minimum Gasteiger partial charge on any atom is -0.396 e. The lowest BCUT2D eigenvalue weighted by Crippen LogP contribution is -2.41. The van der Waals surface area contributed by atoms with Crippen LogP contribution in [0, 0.1) is 19.8 Å². The normalized spacial score (nSPS) is 15.5. The van der Waals surface area contributed by atoms with Gasteiger partial charge in [-0.05, 0) is 45.6 Å². The van der Waals surface area contributed by atoms with Crippen LogP contribution in [0.3, 0.4) is 0 Å². The number of carbonyl (C=O) groups excluding carboxylic acids is 1. The van der Waals surface area contributed by atoms with Crippen molar-refractivity contribution in [3.8, 4) is 0 Å². The Morgan fingerprint density at radius 2 is 1.79 bits per heavy atom. The fourth-order valence-corrected chi connectivity index (χ4v) is 3.14. The molecule has 2 rings (SSSR count). The van der Waals surface area contributed by atoms with E-state index in [1.807, 2.05) is 19.9 Å². The van der Waals surface area contributed by atoms with Crippen molar-refractivity contribution in [2.24, 2.45) is 5.92 Å². The molecule has 1 saturated heterocycles. The molecule has 6 heteroatoms. The topological polar surface area (TPSA) is 78.4 Å². The average molecular weight is 334 g/mol. The number of aromatic nitrogens is 2. The molecule has 0 radical (unpaired) electrons. The molecule has 1 aliphatic heterocycles. The number of carbonyl (C=O) groups is 1. The van der Waals surface area contributed by atoms with Gasteiger partial charge in [-0.2, -0.15) is 0 Å². The van der Waals surface area contributed by atoms with Crippen molar-refractivity contribution in [1.29, 1.82) is 0 Å². The van der Waals surface area contributed by atoms with Crippen LogP contribution in [0.2, 0.25) is 0 Å². The van der Waals surface area contributed by atoms with Crippen molar-refractivity contribution in [2.75, 3.05) is 31.1 Å². The highest BCUT2D eigenvalue weighted by Crippen LogP contribution is 2.21. The summed E-state index contributed by atoms with van der Waals surface area (Å²) >= 11 is 0. The van der Waals surface area contributed by atoms with Crippen molar-refractivity contribution < 1.29 is 9.90 Å². The zero-order valence-electron chi connectivity index (χ0n) is 14.9. The quantitative estimate of drug-likeness (QED) is 0.711. The van der Waals surface area contributed by atoms with Crippen LogP contribution in [0.5, 0.6) is 0 Å². The Morgan fingerprint density at radius 3 is 2.42 bits per heavy atom. The Labute approximate surface area is 144 Å². The molecule has 0 aliphatic carbocycles. The second-order valence-corrected chi connectivity index (χ2v) is 6.64. The summed E-state index contributed by atoms with van der Waals surface area (Å²) in [6, 6.07) is 1.98. The van der Waals surface area contributed by atoms with E-state index in [-0.39, 0.29) is 18.4 Å². The second kappa shape index (κ2) is 9.57. The Bertz CT molecular complexity index is 508. The smallest absolute Gasteiger partial charge is 0.225 e. The highest BCUT2D eigenvalue weighted by atomic mass is 16.2. The van der Waals surface area contributed by atoms with Gasteiger partial charge in [0.05, 0.1) is 0 Å². The summed E-state index contributed by atoms with van der Waals surface area (Å²) in [5, 5.41) is 11.8. The Kier molecular flexibility index (Phi) is 7.43. The van der Waals surface area contributed by atoms with Gasteiger partial charge in [-0.3, -0.25) is 4.79 Å². The number of piperidine rings is 1. The van der Waals surface area contributed by atoms with Gasteiger partial charge < -0.3 is 15.3 Å². The van der Waals surface area contributed by atoms with Crippen molar-refractivity contribution >= 4 is 11.9 Å². The van der Waals surface area contributed by atoms with Gasteiger partial charge in [-0.1, -0.05) is 12.8 Å². The molecule has 134 valence electrons. The SMILES string of the molecule is Cc1cc(C)nc(N2CCC(C(=O)NCCCCCCO)CC2)n1. The number of aliphatic hydroxyl groups is 1. The summed E-state index contributed by atoms with van der Waals surface area (Å²) < 4.78 is 0. The van der Waals surface area contributed by atoms with Crippen LogP contribution in [0.25, 0.3) is 0 Å². The van der Waals surface area contributed by atoms with Crippen LogP contribution in [-0.2, 0) is 4.79 Å². The van der Waals surface area contributed by atoms with Crippen LogP contribution >= 0.6 is 0 Å². The molecule has 1 aromatic heterocycles.